The monoisotopic (exact) mass is 314 g/mol. The van der Waals surface area contributed by atoms with Gasteiger partial charge in [0.2, 0.25) is 5.24 Å². The van der Waals surface area contributed by atoms with Crippen LogP contribution in [0.5, 0.6) is 0 Å². The van der Waals surface area contributed by atoms with Crippen molar-refractivity contribution < 1.29 is 4.79 Å². The van der Waals surface area contributed by atoms with Gasteiger partial charge < -0.3 is 0 Å². The molecule has 1 atom stereocenters. The van der Waals surface area contributed by atoms with Gasteiger partial charge in [-0.15, -0.1) is 11.6 Å². The lowest BCUT2D eigenvalue weighted by molar-refractivity contribution is -0.111. The van der Waals surface area contributed by atoms with Crippen molar-refractivity contribution in [2.24, 2.45) is 0 Å². The first-order valence-corrected chi connectivity index (χ1v) is 5.10. The zero-order valence-electron chi connectivity index (χ0n) is 5.93. The van der Waals surface area contributed by atoms with Crippen LogP contribution in [0.4, 0.5) is 0 Å². The Morgan fingerprint density at radius 3 is 2.50 bits per heavy atom. The Labute approximate surface area is 94.2 Å². The molecule has 1 aromatic carbocycles. The third-order valence-electron chi connectivity index (χ3n) is 1.38. The van der Waals surface area contributed by atoms with Crippen LogP contribution in [0.3, 0.4) is 0 Å². The van der Waals surface area contributed by atoms with E-state index in [4.69, 9.17) is 23.2 Å². The number of benzene rings is 1. The molecule has 0 amide bonds. The van der Waals surface area contributed by atoms with E-state index in [-0.39, 0.29) is 0 Å². The van der Waals surface area contributed by atoms with Crippen LogP contribution in [0.2, 0.25) is 0 Å². The van der Waals surface area contributed by atoms with Crippen molar-refractivity contribution in [2.45, 2.75) is 5.38 Å². The molecule has 64 valence electrons. The molecule has 1 nitrogen and oxygen atoms in total. The highest BCUT2D eigenvalue weighted by Crippen LogP contribution is 2.26. The minimum atomic E-state index is -0.736. The number of rotatable bonds is 2. The van der Waals surface area contributed by atoms with Crippen molar-refractivity contribution in [1.29, 1.82) is 0 Å². The fourth-order valence-electron chi connectivity index (χ4n) is 0.803. The van der Waals surface area contributed by atoms with Gasteiger partial charge in [0.05, 0.1) is 0 Å². The van der Waals surface area contributed by atoms with E-state index in [0.717, 1.165) is 9.13 Å². The lowest BCUT2D eigenvalue weighted by Gasteiger charge is -2.05. The molecule has 0 heterocycles. The summed E-state index contributed by atoms with van der Waals surface area (Å²) in [4.78, 5) is 10.7. The summed E-state index contributed by atoms with van der Waals surface area (Å²) in [7, 11) is 0. The molecule has 0 aromatic heterocycles. The van der Waals surface area contributed by atoms with Crippen molar-refractivity contribution >= 4 is 51.0 Å². The Morgan fingerprint density at radius 1 is 1.42 bits per heavy atom. The van der Waals surface area contributed by atoms with Gasteiger partial charge in [0.15, 0.2) is 0 Å². The van der Waals surface area contributed by atoms with E-state index < -0.39 is 10.6 Å². The van der Waals surface area contributed by atoms with Crippen molar-refractivity contribution in [3.63, 3.8) is 0 Å². The molecular weight excluding hydrogens is 310 g/mol. The predicted molar refractivity (Wildman–Crippen MR) is 58.6 cm³/mol. The SMILES string of the molecule is O=C(Cl)C(Cl)c1ccccc1I. The highest BCUT2D eigenvalue weighted by Gasteiger charge is 2.16. The van der Waals surface area contributed by atoms with Crippen LogP contribution < -0.4 is 0 Å². The third-order valence-corrected chi connectivity index (χ3v) is 3.12. The second-order valence-corrected chi connectivity index (χ2v) is 4.16. The topological polar surface area (TPSA) is 17.1 Å². The van der Waals surface area contributed by atoms with Crippen LogP contribution in [0, 0.1) is 3.57 Å². The lowest BCUT2D eigenvalue weighted by atomic mass is 10.2. The molecule has 4 heteroatoms. The standard InChI is InChI=1S/C8H5Cl2IO/c9-7(8(10)12)5-3-1-2-4-6(5)11/h1-4,7H. The molecule has 0 aliphatic heterocycles. The molecule has 0 saturated heterocycles. The molecule has 0 saturated carbocycles. The quantitative estimate of drug-likeness (QED) is 0.465. The molecule has 12 heavy (non-hydrogen) atoms. The van der Waals surface area contributed by atoms with Gasteiger partial charge in [-0.2, -0.15) is 0 Å². The van der Waals surface area contributed by atoms with Crippen molar-refractivity contribution in [3.05, 3.63) is 33.4 Å². The summed E-state index contributed by atoms with van der Waals surface area (Å²) in [6.07, 6.45) is 0. The fraction of sp³-hybridized carbons (Fsp3) is 0.125. The molecule has 0 spiro atoms. The first-order chi connectivity index (χ1) is 5.63. The van der Waals surface area contributed by atoms with Crippen LogP contribution in [-0.2, 0) is 4.79 Å². The second-order valence-electron chi connectivity index (χ2n) is 2.19. The van der Waals surface area contributed by atoms with Crippen LogP contribution in [0.25, 0.3) is 0 Å². The maximum atomic E-state index is 10.7. The third kappa shape index (κ3) is 2.34. The molecule has 0 radical (unpaired) electrons. The fourth-order valence-corrected chi connectivity index (χ4v) is 1.99. The number of carbonyl (C=O) groups is 1. The van der Waals surface area contributed by atoms with Gasteiger partial charge in [-0.1, -0.05) is 18.2 Å². The summed E-state index contributed by atoms with van der Waals surface area (Å²) in [5.41, 5.74) is 0.764. The van der Waals surface area contributed by atoms with E-state index in [9.17, 15) is 4.79 Å². The van der Waals surface area contributed by atoms with Crippen molar-refractivity contribution in [2.75, 3.05) is 0 Å². The van der Waals surface area contributed by atoms with E-state index in [2.05, 4.69) is 22.6 Å². The molecule has 1 aromatic rings. The van der Waals surface area contributed by atoms with Gasteiger partial charge in [0, 0.05) is 3.57 Å². The van der Waals surface area contributed by atoms with Crippen LogP contribution >= 0.6 is 45.8 Å². The number of carbonyl (C=O) groups excluding carboxylic acids is 1. The zero-order valence-corrected chi connectivity index (χ0v) is 9.60. The van der Waals surface area contributed by atoms with E-state index in [1.165, 1.54) is 0 Å². The maximum Gasteiger partial charge on any atom is 0.244 e. The Hall–Kier alpha value is 0.200. The second kappa shape index (κ2) is 4.44. The molecular formula is C8H5Cl2IO. The van der Waals surface area contributed by atoms with E-state index in [1.807, 2.05) is 18.2 Å². The molecule has 0 fully saturated rings. The first kappa shape index (κ1) is 10.3. The van der Waals surface area contributed by atoms with Gasteiger partial charge in [0.1, 0.15) is 5.38 Å². The van der Waals surface area contributed by atoms with Crippen LogP contribution in [0.15, 0.2) is 24.3 Å². The van der Waals surface area contributed by atoms with Crippen molar-refractivity contribution in [1.82, 2.24) is 0 Å². The molecule has 0 aliphatic rings. The molecule has 0 aliphatic carbocycles. The average molecular weight is 315 g/mol. The van der Waals surface area contributed by atoms with E-state index in [0.29, 0.717) is 0 Å². The predicted octanol–water partition coefficient (Wildman–Crippen LogP) is 3.34. The van der Waals surface area contributed by atoms with Gasteiger partial charge >= 0.3 is 0 Å². The summed E-state index contributed by atoms with van der Waals surface area (Å²) < 4.78 is 0.948. The lowest BCUT2D eigenvalue weighted by Crippen LogP contribution is -2.00. The highest BCUT2D eigenvalue weighted by molar-refractivity contribution is 14.1. The van der Waals surface area contributed by atoms with Crippen molar-refractivity contribution in [3.8, 4) is 0 Å². The highest BCUT2D eigenvalue weighted by atomic mass is 127. The Morgan fingerprint density at radius 2 is 2.00 bits per heavy atom. The smallest absolute Gasteiger partial charge is 0.244 e. The first-order valence-electron chi connectivity index (χ1n) is 3.21. The van der Waals surface area contributed by atoms with Gasteiger partial charge in [0.25, 0.3) is 0 Å². The Kier molecular flexibility index (Phi) is 3.80. The largest absolute Gasteiger partial charge is 0.279 e. The summed E-state index contributed by atoms with van der Waals surface area (Å²) in [5.74, 6) is 0. The Balaban J connectivity index is 3.02. The number of halogens is 3. The molecule has 0 bridgehead atoms. The molecule has 0 N–H and O–H groups in total. The maximum absolute atomic E-state index is 10.7. The summed E-state index contributed by atoms with van der Waals surface area (Å²) >= 11 is 13.1. The van der Waals surface area contributed by atoms with Crippen LogP contribution in [-0.4, -0.2) is 5.24 Å². The minimum absolute atomic E-state index is 0.541. The summed E-state index contributed by atoms with van der Waals surface area (Å²) in [6, 6.07) is 7.38. The van der Waals surface area contributed by atoms with E-state index in [1.54, 1.807) is 6.07 Å². The molecule has 1 rings (SSSR count). The number of alkyl halides is 1. The number of hydrogen-bond acceptors (Lipinski definition) is 1. The van der Waals surface area contributed by atoms with Crippen LogP contribution in [0.1, 0.15) is 10.9 Å². The molecule has 1 unspecified atom stereocenters. The number of hydrogen-bond donors (Lipinski definition) is 0. The van der Waals surface area contributed by atoms with Gasteiger partial charge in [-0.3, -0.25) is 4.79 Å². The van der Waals surface area contributed by atoms with Gasteiger partial charge in [-0.25, -0.2) is 0 Å². The Bertz CT molecular complexity index is 301. The average Bonchev–Trinajstić information content (AvgIpc) is 2.04. The van der Waals surface area contributed by atoms with Gasteiger partial charge in [-0.05, 0) is 45.8 Å². The zero-order chi connectivity index (χ0) is 9.14. The summed E-state index contributed by atoms with van der Waals surface area (Å²) in [5, 5.41) is -1.28. The normalized spacial score (nSPS) is 12.6. The van der Waals surface area contributed by atoms with E-state index >= 15 is 0 Å². The minimum Gasteiger partial charge on any atom is -0.279 e. The summed E-state index contributed by atoms with van der Waals surface area (Å²) in [6.45, 7) is 0.